The van der Waals surface area contributed by atoms with Gasteiger partial charge in [-0.1, -0.05) is 60.7 Å². The van der Waals surface area contributed by atoms with Crippen molar-refractivity contribution in [2.24, 2.45) is 0 Å². The zero-order chi connectivity index (χ0) is 17.0. The summed E-state index contributed by atoms with van der Waals surface area (Å²) in [7, 11) is 0. The smallest absolute Gasteiger partial charge is 0.122 e. The lowest BCUT2D eigenvalue weighted by molar-refractivity contribution is 0.457. The van der Waals surface area contributed by atoms with E-state index in [0.29, 0.717) is 30.8 Å². The quantitative estimate of drug-likeness (QED) is 0.743. The Hall–Kier alpha value is -2.48. The molecule has 0 bridgehead atoms. The van der Waals surface area contributed by atoms with E-state index in [0.717, 1.165) is 33.4 Å². The van der Waals surface area contributed by atoms with E-state index in [1.807, 2.05) is 50.2 Å². The Balaban J connectivity index is 2.33. The fourth-order valence-electron chi connectivity index (χ4n) is 2.72. The maximum absolute atomic E-state index is 10.5. The molecule has 2 aromatic carbocycles. The molecule has 0 spiro atoms. The Labute approximate surface area is 138 Å². The average Bonchev–Trinajstić information content (AvgIpc) is 2.46. The summed E-state index contributed by atoms with van der Waals surface area (Å²) in [5.74, 6) is 0.584. The van der Waals surface area contributed by atoms with Crippen molar-refractivity contribution in [2.75, 3.05) is 0 Å². The van der Waals surface area contributed by atoms with E-state index in [4.69, 9.17) is 0 Å². The first kappa shape index (κ1) is 16.9. The van der Waals surface area contributed by atoms with Gasteiger partial charge in [0.05, 0.1) is 0 Å². The Kier molecular flexibility index (Phi) is 5.28. The molecule has 0 heterocycles. The highest BCUT2D eigenvalue weighted by Gasteiger charge is 2.12. The molecule has 0 radical (unpaired) electrons. The minimum atomic E-state index is 0.292. The van der Waals surface area contributed by atoms with Gasteiger partial charge >= 0.3 is 0 Å². The molecule has 2 nitrogen and oxygen atoms in total. The van der Waals surface area contributed by atoms with Crippen LogP contribution in [0.4, 0.5) is 0 Å². The highest BCUT2D eigenvalue weighted by atomic mass is 16.3. The summed E-state index contributed by atoms with van der Waals surface area (Å²) in [6.07, 6.45) is 1.80. The number of phenolic OH excluding ortho intramolecular Hbond substituents is 2. The van der Waals surface area contributed by atoms with Crippen molar-refractivity contribution < 1.29 is 10.2 Å². The molecular weight excluding hydrogens is 284 g/mol. The molecule has 0 fully saturated rings. The third kappa shape index (κ3) is 4.26. The molecule has 2 aromatic rings. The van der Waals surface area contributed by atoms with Gasteiger partial charge in [-0.2, -0.15) is 0 Å². The normalized spacial score (nSPS) is 10.5. The van der Waals surface area contributed by atoms with Crippen molar-refractivity contribution in [1.82, 2.24) is 0 Å². The van der Waals surface area contributed by atoms with Crippen LogP contribution in [0.15, 0.2) is 60.7 Å². The van der Waals surface area contributed by atoms with Crippen LogP contribution in [0.2, 0.25) is 0 Å². The molecule has 2 rings (SSSR count). The highest BCUT2D eigenvalue weighted by Crippen LogP contribution is 2.31. The predicted octanol–water partition coefficient (Wildman–Crippen LogP) is 4.93. The first-order valence-corrected chi connectivity index (χ1v) is 7.76. The standard InChI is InChI=1S/C21H24O2/c1-14(2)11-16-7-5-9-18(20(16)22)13-19-10-6-8-17(21(19)23)12-15(3)4/h5-10,22-23H,1,3,11-13H2,2,4H3. The van der Waals surface area contributed by atoms with Gasteiger partial charge in [0, 0.05) is 6.42 Å². The first-order chi connectivity index (χ1) is 10.9. The topological polar surface area (TPSA) is 40.5 Å². The Morgan fingerprint density at radius 1 is 0.739 bits per heavy atom. The van der Waals surface area contributed by atoms with Gasteiger partial charge in [-0.05, 0) is 48.9 Å². The summed E-state index contributed by atoms with van der Waals surface area (Å²) >= 11 is 0. The summed E-state index contributed by atoms with van der Waals surface area (Å²) in [5, 5.41) is 20.9. The van der Waals surface area contributed by atoms with Crippen molar-refractivity contribution in [3.05, 3.63) is 83.0 Å². The van der Waals surface area contributed by atoms with Crippen LogP contribution in [-0.2, 0) is 19.3 Å². The number of benzene rings is 2. The molecule has 0 aliphatic carbocycles. The first-order valence-electron chi connectivity index (χ1n) is 7.76. The van der Waals surface area contributed by atoms with E-state index in [2.05, 4.69) is 13.2 Å². The Morgan fingerprint density at radius 3 is 1.43 bits per heavy atom. The van der Waals surface area contributed by atoms with Crippen LogP contribution < -0.4 is 0 Å². The maximum Gasteiger partial charge on any atom is 0.122 e. The number of rotatable bonds is 6. The van der Waals surface area contributed by atoms with E-state index in [-0.39, 0.29) is 0 Å². The fraction of sp³-hybridized carbons (Fsp3) is 0.238. The summed E-state index contributed by atoms with van der Waals surface area (Å²) in [5.41, 5.74) is 5.37. The van der Waals surface area contributed by atoms with E-state index < -0.39 is 0 Å². The number of allylic oxidation sites excluding steroid dienone is 2. The number of aromatic hydroxyl groups is 2. The molecule has 2 heteroatoms. The van der Waals surface area contributed by atoms with Crippen LogP contribution in [0.3, 0.4) is 0 Å². The van der Waals surface area contributed by atoms with Crippen molar-refractivity contribution in [1.29, 1.82) is 0 Å². The molecule has 0 aliphatic heterocycles. The van der Waals surface area contributed by atoms with Gasteiger partial charge in [0.25, 0.3) is 0 Å². The number of hydrogen-bond acceptors (Lipinski definition) is 2. The van der Waals surface area contributed by atoms with Crippen LogP contribution in [0.1, 0.15) is 36.1 Å². The third-order valence-electron chi connectivity index (χ3n) is 3.77. The van der Waals surface area contributed by atoms with E-state index in [9.17, 15) is 10.2 Å². The minimum absolute atomic E-state index is 0.292. The lowest BCUT2D eigenvalue weighted by Gasteiger charge is -2.13. The van der Waals surface area contributed by atoms with Crippen molar-refractivity contribution >= 4 is 0 Å². The SMILES string of the molecule is C=C(C)Cc1cccc(Cc2cccc(CC(=C)C)c2O)c1O. The van der Waals surface area contributed by atoms with Crippen molar-refractivity contribution in [3.8, 4) is 11.5 Å². The summed E-state index contributed by atoms with van der Waals surface area (Å²) in [6.45, 7) is 11.7. The minimum Gasteiger partial charge on any atom is -0.507 e. The third-order valence-corrected chi connectivity index (χ3v) is 3.77. The molecule has 0 atom stereocenters. The van der Waals surface area contributed by atoms with Crippen LogP contribution >= 0.6 is 0 Å². The van der Waals surface area contributed by atoms with Gasteiger partial charge in [0.15, 0.2) is 0 Å². The summed E-state index contributed by atoms with van der Waals surface area (Å²) in [4.78, 5) is 0. The monoisotopic (exact) mass is 308 g/mol. The molecule has 0 saturated heterocycles. The molecular formula is C21H24O2. The second-order valence-corrected chi connectivity index (χ2v) is 6.29. The largest absolute Gasteiger partial charge is 0.507 e. The Bertz CT molecular complexity index is 678. The van der Waals surface area contributed by atoms with E-state index >= 15 is 0 Å². The molecule has 2 N–H and O–H groups in total. The summed E-state index contributed by atoms with van der Waals surface area (Å²) in [6, 6.07) is 11.5. The van der Waals surface area contributed by atoms with Crippen LogP contribution in [0, 0.1) is 0 Å². The second-order valence-electron chi connectivity index (χ2n) is 6.29. The van der Waals surface area contributed by atoms with E-state index in [1.165, 1.54) is 0 Å². The fourth-order valence-corrected chi connectivity index (χ4v) is 2.72. The van der Waals surface area contributed by atoms with Gasteiger partial charge in [0.1, 0.15) is 11.5 Å². The lowest BCUT2D eigenvalue weighted by Crippen LogP contribution is -1.96. The number of phenols is 2. The average molecular weight is 308 g/mol. The Morgan fingerprint density at radius 2 is 1.09 bits per heavy atom. The van der Waals surface area contributed by atoms with Gasteiger partial charge in [-0.3, -0.25) is 0 Å². The van der Waals surface area contributed by atoms with Crippen LogP contribution in [0.25, 0.3) is 0 Å². The maximum atomic E-state index is 10.5. The number of hydrogen-bond donors (Lipinski definition) is 2. The molecule has 0 unspecified atom stereocenters. The molecule has 0 saturated carbocycles. The molecule has 0 aliphatic rings. The molecule has 0 aromatic heterocycles. The molecule has 23 heavy (non-hydrogen) atoms. The highest BCUT2D eigenvalue weighted by molar-refractivity contribution is 5.49. The van der Waals surface area contributed by atoms with E-state index in [1.54, 1.807) is 0 Å². The van der Waals surface area contributed by atoms with Crippen molar-refractivity contribution in [2.45, 2.75) is 33.1 Å². The zero-order valence-electron chi connectivity index (χ0n) is 13.9. The number of para-hydroxylation sites is 2. The molecule has 120 valence electrons. The second kappa shape index (κ2) is 7.19. The van der Waals surface area contributed by atoms with Crippen LogP contribution in [0.5, 0.6) is 11.5 Å². The predicted molar refractivity (Wildman–Crippen MR) is 96.1 cm³/mol. The molecule has 0 amide bonds. The van der Waals surface area contributed by atoms with Crippen LogP contribution in [-0.4, -0.2) is 10.2 Å². The lowest BCUT2D eigenvalue weighted by atomic mass is 9.95. The van der Waals surface area contributed by atoms with Gasteiger partial charge < -0.3 is 10.2 Å². The van der Waals surface area contributed by atoms with Crippen molar-refractivity contribution in [3.63, 3.8) is 0 Å². The zero-order valence-corrected chi connectivity index (χ0v) is 13.9. The van der Waals surface area contributed by atoms with Gasteiger partial charge in [-0.25, -0.2) is 0 Å². The summed E-state index contributed by atoms with van der Waals surface area (Å²) < 4.78 is 0. The van der Waals surface area contributed by atoms with Gasteiger partial charge in [0.2, 0.25) is 0 Å². The van der Waals surface area contributed by atoms with Gasteiger partial charge in [-0.15, -0.1) is 0 Å².